The third-order valence-corrected chi connectivity index (χ3v) is 18.9. The minimum atomic E-state index is -2.24. The van der Waals surface area contributed by atoms with Gasteiger partial charge in [0.1, 0.15) is 64.4 Å². The van der Waals surface area contributed by atoms with Crippen molar-refractivity contribution in [2.75, 3.05) is 0 Å². The van der Waals surface area contributed by atoms with Gasteiger partial charge in [0.25, 0.3) is 0 Å². The van der Waals surface area contributed by atoms with E-state index in [4.69, 9.17) is 14.5 Å². The molecule has 0 amide bonds. The molecule has 0 N–H and O–H groups in total. The van der Waals surface area contributed by atoms with Crippen LogP contribution >= 0.6 is 14.5 Å². The van der Waals surface area contributed by atoms with Crippen LogP contribution in [0.4, 0.5) is 0 Å². The van der Waals surface area contributed by atoms with Crippen LogP contribution in [0, 0.1) is 0 Å². The summed E-state index contributed by atoms with van der Waals surface area (Å²) >= 11 is 0. The summed E-state index contributed by atoms with van der Waals surface area (Å²) in [6.07, 6.45) is 3.66. The molecular formula is C47H43NO2P2+2. The van der Waals surface area contributed by atoms with Crippen LogP contribution in [0.2, 0.25) is 0 Å². The van der Waals surface area contributed by atoms with E-state index in [1.165, 1.54) is 37.4 Å². The van der Waals surface area contributed by atoms with Gasteiger partial charge in [0.15, 0.2) is 5.75 Å². The van der Waals surface area contributed by atoms with Crippen molar-refractivity contribution in [1.29, 1.82) is 0 Å². The molecule has 1 aromatic heterocycles. The van der Waals surface area contributed by atoms with E-state index in [1.54, 1.807) is 0 Å². The lowest BCUT2D eigenvalue weighted by Crippen LogP contribution is -2.38. The van der Waals surface area contributed by atoms with Crippen LogP contribution in [0.1, 0.15) is 30.7 Å². The first-order valence-electron chi connectivity index (χ1n) is 17.9. The van der Waals surface area contributed by atoms with E-state index in [-0.39, 0.29) is 0 Å². The Hall–Kier alpha value is -4.91. The lowest BCUT2D eigenvalue weighted by molar-refractivity contribution is -0.180. The molecule has 0 atom stereocenters. The highest BCUT2D eigenvalue weighted by molar-refractivity contribution is 7.95. The fourth-order valence-corrected chi connectivity index (χ4v) is 16.1. The molecule has 256 valence electrons. The molecule has 6 aromatic carbocycles. The van der Waals surface area contributed by atoms with E-state index in [0.717, 1.165) is 29.3 Å². The van der Waals surface area contributed by atoms with E-state index in [2.05, 4.69) is 188 Å². The van der Waals surface area contributed by atoms with Gasteiger partial charge in [-0.3, -0.25) is 4.98 Å². The highest BCUT2D eigenvalue weighted by atomic mass is 31.2. The molecule has 2 heterocycles. The van der Waals surface area contributed by atoms with Gasteiger partial charge in [0.05, 0.1) is 6.61 Å². The Kier molecular flexibility index (Phi) is 9.61. The number of benzene rings is 6. The first-order valence-corrected chi connectivity index (χ1v) is 21.9. The van der Waals surface area contributed by atoms with Crippen molar-refractivity contribution in [2.45, 2.75) is 38.6 Å². The van der Waals surface area contributed by atoms with Gasteiger partial charge < -0.3 is 9.47 Å². The first kappa shape index (κ1) is 34.2. The molecule has 5 heteroatoms. The van der Waals surface area contributed by atoms with E-state index < -0.39 is 20.3 Å². The first-order chi connectivity index (χ1) is 25.5. The van der Waals surface area contributed by atoms with E-state index in [0.29, 0.717) is 6.61 Å². The van der Waals surface area contributed by atoms with Gasteiger partial charge in [-0.1, -0.05) is 109 Å². The Bertz CT molecular complexity index is 2040. The van der Waals surface area contributed by atoms with Crippen molar-refractivity contribution in [2.24, 2.45) is 0 Å². The molecule has 0 bridgehead atoms. The number of aromatic nitrogens is 1. The smallest absolute Gasteiger partial charge is 0.205 e. The monoisotopic (exact) mass is 715 g/mol. The van der Waals surface area contributed by atoms with Crippen LogP contribution in [0.3, 0.4) is 0 Å². The molecule has 8 rings (SSSR count). The van der Waals surface area contributed by atoms with Crippen molar-refractivity contribution in [1.82, 2.24) is 4.98 Å². The van der Waals surface area contributed by atoms with Crippen molar-refractivity contribution in [3.05, 3.63) is 205 Å². The van der Waals surface area contributed by atoms with Gasteiger partial charge >= 0.3 is 0 Å². The average Bonchev–Trinajstić information content (AvgIpc) is 3.21. The average molecular weight is 716 g/mol. The molecule has 0 saturated carbocycles. The Morgan fingerprint density at radius 1 is 0.481 bits per heavy atom. The summed E-state index contributed by atoms with van der Waals surface area (Å²) in [5, 5.41) is 7.97. The van der Waals surface area contributed by atoms with Gasteiger partial charge in [-0.25, -0.2) is 0 Å². The fourth-order valence-electron chi connectivity index (χ4n) is 7.68. The minimum Gasteiger partial charge on any atom is -0.461 e. The zero-order chi connectivity index (χ0) is 35.4. The molecule has 1 aliphatic heterocycles. The summed E-state index contributed by atoms with van der Waals surface area (Å²) in [5.74, 6) is 0.0770. The summed E-state index contributed by atoms with van der Waals surface area (Å²) in [6.45, 7) is 4.48. The van der Waals surface area contributed by atoms with Crippen molar-refractivity contribution >= 4 is 46.4 Å². The molecule has 7 aromatic rings. The molecule has 3 nitrogen and oxygen atoms in total. The van der Waals surface area contributed by atoms with Gasteiger partial charge in [-0.2, -0.15) is 0 Å². The lowest BCUT2D eigenvalue weighted by Gasteiger charge is -2.36. The van der Waals surface area contributed by atoms with Crippen LogP contribution in [0.15, 0.2) is 188 Å². The third kappa shape index (κ3) is 6.39. The molecule has 0 unspecified atom stereocenters. The maximum absolute atomic E-state index is 6.92. The molecule has 0 aliphatic carbocycles. The van der Waals surface area contributed by atoms with Crippen LogP contribution in [-0.2, 0) is 23.7 Å². The van der Waals surface area contributed by atoms with Crippen molar-refractivity contribution < 1.29 is 9.47 Å². The summed E-state index contributed by atoms with van der Waals surface area (Å²) in [7, 11) is -4.44. The molecule has 0 saturated heterocycles. The Morgan fingerprint density at radius 3 is 1.15 bits per heavy atom. The van der Waals surface area contributed by atoms with Crippen molar-refractivity contribution in [3.63, 3.8) is 0 Å². The highest BCUT2D eigenvalue weighted by Crippen LogP contribution is 2.61. The number of pyridine rings is 1. The predicted molar refractivity (Wildman–Crippen MR) is 221 cm³/mol. The number of nitrogens with zero attached hydrogens (tertiary/aromatic N) is 1. The summed E-state index contributed by atoms with van der Waals surface area (Å²) in [6, 6.07) is 66.2. The lowest BCUT2D eigenvalue weighted by atomic mass is 10.1. The molecule has 52 heavy (non-hydrogen) atoms. The molecule has 0 fully saturated rings. The fraction of sp³-hybridized carbons (Fsp3) is 0.128. The number of ether oxygens (including phenoxy) is 2. The minimum absolute atomic E-state index is 0.457. The number of fused-ring (bicyclic) bond motifs is 1. The van der Waals surface area contributed by atoms with E-state index in [1.807, 2.05) is 13.8 Å². The highest BCUT2D eigenvalue weighted by Gasteiger charge is 2.49. The van der Waals surface area contributed by atoms with Gasteiger partial charge in [-0.15, -0.1) is 0 Å². The second-order valence-electron chi connectivity index (χ2n) is 13.8. The zero-order valence-electron chi connectivity index (χ0n) is 29.7. The largest absolute Gasteiger partial charge is 0.461 e. The van der Waals surface area contributed by atoms with Crippen molar-refractivity contribution in [3.8, 4) is 5.75 Å². The Morgan fingerprint density at radius 2 is 0.808 bits per heavy atom. The quantitative estimate of drug-likeness (QED) is 0.133. The van der Waals surface area contributed by atoms with Crippen LogP contribution in [0.25, 0.3) is 0 Å². The normalized spacial score (nSPS) is 13.9. The molecule has 0 radical (unpaired) electrons. The third-order valence-electron chi connectivity index (χ3n) is 10.2. The van der Waals surface area contributed by atoms with Gasteiger partial charge in [-0.05, 0) is 72.8 Å². The summed E-state index contributed by atoms with van der Waals surface area (Å²) in [5.41, 5.74) is 3.24. The molecule has 1 aliphatic rings. The van der Waals surface area contributed by atoms with E-state index in [9.17, 15) is 0 Å². The number of hydrogen-bond donors (Lipinski definition) is 0. The predicted octanol–water partition coefficient (Wildman–Crippen LogP) is 8.71. The Labute approximate surface area is 309 Å². The zero-order valence-corrected chi connectivity index (χ0v) is 31.5. The summed E-state index contributed by atoms with van der Waals surface area (Å²) < 4.78 is 13.4. The Balaban J connectivity index is 1.35. The number of hydrogen-bond acceptors (Lipinski definition) is 3. The van der Waals surface area contributed by atoms with Crippen LogP contribution < -0.4 is 36.6 Å². The van der Waals surface area contributed by atoms with Gasteiger partial charge in [0, 0.05) is 31.2 Å². The second-order valence-corrected chi connectivity index (χ2v) is 20.7. The second kappa shape index (κ2) is 14.6. The molecule has 0 spiro atoms. The SMILES string of the molecule is CC1(C)OCc2c(C[P+](c3ccccc3)(c3ccccc3)c3ccccc3)cnc(C[P+](c3ccccc3)(c3ccccc3)c3ccccc3)c2O1. The molecular weight excluding hydrogens is 672 g/mol. The maximum Gasteiger partial charge on any atom is 0.205 e. The van der Waals surface area contributed by atoms with E-state index >= 15 is 0 Å². The van der Waals surface area contributed by atoms with Crippen LogP contribution in [0.5, 0.6) is 5.75 Å². The van der Waals surface area contributed by atoms with Crippen LogP contribution in [-0.4, -0.2) is 10.8 Å². The number of rotatable bonds is 10. The standard InChI is InChI=1S/C47H43NO2P2/c1-47(2)49-34-44-37(35-51(38-21-9-3-10-22-38,39-23-11-4-12-24-39)40-25-13-5-14-26-40)33-48-45(46(44)50-47)36-52(41-27-15-6-16-28-41,42-29-17-7-18-30-42)43-31-19-8-20-32-43/h3-33H,34-36H2,1-2H3/q+2. The summed E-state index contributed by atoms with van der Waals surface area (Å²) in [4.78, 5) is 5.45. The maximum atomic E-state index is 6.92. The topological polar surface area (TPSA) is 31.4 Å². The van der Waals surface area contributed by atoms with Gasteiger partial charge in [0.2, 0.25) is 5.79 Å².